The number of anilines is 3. The molecule has 1 fully saturated rings. The van der Waals surface area contributed by atoms with Crippen molar-refractivity contribution in [2.45, 2.75) is 25.7 Å². The lowest BCUT2D eigenvalue weighted by molar-refractivity contribution is 0.417. The molecule has 5 nitrogen and oxygen atoms in total. The third-order valence-corrected chi connectivity index (χ3v) is 3.95. The van der Waals surface area contributed by atoms with Crippen molar-refractivity contribution in [2.75, 3.05) is 30.4 Å². The largest absolute Gasteiger partial charge is 0.495 e. The van der Waals surface area contributed by atoms with Crippen molar-refractivity contribution in [1.82, 2.24) is 9.97 Å². The maximum atomic E-state index is 5.36. The number of aromatic nitrogens is 2. The molecule has 0 unspecified atom stereocenters. The smallest absolute Gasteiger partial charge is 0.142 e. The van der Waals surface area contributed by atoms with Gasteiger partial charge in [0, 0.05) is 19.2 Å². The van der Waals surface area contributed by atoms with Gasteiger partial charge in [-0.1, -0.05) is 25.0 Å². The van der Waals surface area contributed by atoms with E-state index in [4.69, 9.17) is 4.74 Å². The van der Waals surface area contributed by atoms with E-state index in [0.29, 0.717) is 0 Å². The van der Waals surface area contributed by atoms with Crippen LogP contribution in [-0.2, 0) is 0 Å². The molecule has 22 heavy (non-hydrogen) atoms. The lowest BCUT2D eigenvalue weighted by Crippen LogP contribution is -2.25. The van der Waals surface area contributed by atoms with E-state index in [1.165, 1.54) is 25.7 Å². The summed E-state index contributed by atoms with van der Waals surface area (Å²) in [6.07, 6.45) is 6.72. The molecule has 3 rings (SSSR count). The molecule has 0 spiro atoms. The molecule has 1 N–H and O–H groups in total. The summed E-state index contributed by atoms with van der Waals surface area (Å²) in [4.78, 5) is 11.1. The van der Waals surface area contributed by atoms with Crippen LogP contribution < -0.4 is 15.0 Å². The summed E-state index contributed by atoms with van der Waals surface area (Å²) in [6.45, 7) is 2.15. The molecule has 0 saturated carbocycles. The monoisotopic (exact) mass is 298 g/mol. The molecule has 0 bridgehead atoms. The quantitative estimate of drug-likeness (QED) is 0.934. The van der Waals surface area contributed by atoms with E-state index in [0.717, 1.165) is 36.2 Å². The summed E-state index contributed by atoms with van der Waals surface area (Å²) < 4.78 is 5.36. The molecule has 5 heteroatoms. The number of rotatable bonds is 4. The number of ether oxygens (including phenoxy) is 1. The highest BCUT2D eigenvalue weighted by Gasteiger charge is 2.12. The Morgan fingerprint density at radius 3 is 2.59 bits per heavy atom. The third-order valence-electron chi connectivity index (χ3n) is 3.95. The minimum Gasteiger partial charge on any atom is -0.495 e. The standard InChI is InChI=1S/C17H22N4O/c1-22-15-9-5-4-8-14(15)20-16-12-17(19-13-18-16)21-10-6-2-3-7-11-21/h4-5,8-9,12-13H,2-3,6-7,10-11H2,1H3,(H,18,19,20). The lowest BCUT2D eigenvalue weighted by Gasteiger charge is -2.21. The number of benzene rings is 1. The molecule has 1 aromatic heterocycles. The van der Waals surface area contributed by atoms with Gasteiger partial charge in [0.2, 0.25) is 0 Å². The number of methoxy groups -OCH3 is 1. The summed E-state index contributed by atoms with van der Waals surface area (Å²) in [6, 6.07) is 9.85. The molecule has 1 aromatic carbocycles. The molecule has 0 radical (unpaired) electrons. The van der Waals surface area contributed by atoms with Crippen LogP contribution in [0.4, 0.5) is 17.3 Å². The summed E-state index contributed by atoms with van der Waals surface area (Å²) in [5.41, 5.74) is 0.908. The Kier molecular flexibility index (Phi) is 4.73. The average Bonchev–Trinajstić information content (AvgIpc) is 2.85. The highest BCUT2D eigenvalue weighted by Crippen LogP contribution is 2.27. The third kappa shape index (κ3) is 3.47. The fourth-order valence-corrected chi connectivity index (χ4v) is 2.77. The van der Waals surface area contributed by atoms with Crippen LogP contribution >= 0.6 is 0 Å². The van der Waals surface area contributed by atoms with Crippen LogP contribution in [0, 0.1) is 0 Å². The van der Waals surface area contributed by atoms with Gasteiger partial charge in [0.25, 0.3) is 0 Å². The van der Waals surface area contributed by atoms with E-state index in [1.54, 1.807) is 13.4 Å². The van der Waals surface area contributed by atoms with Gasteiger partial charge in [-0.15, -0.1) is 0 Å². The summed E-state index contributed by atoms with van der Waals surface area (Å²) in [5.74, 6) is 2.59. The highest BCUT2D eigenvalue weighted by molar-refractivity contribution is 5.65. The van der Waals surface area contributed by atoms with Crippen molar-refractivity contribution in [2.24, 2.45) is 0 Å². The van der Waals surface area contributed by atoms with Gasteiger partial charge < -0.3 is 15.0 Å². The Labute approximate surface area is 131 Å². The Bertz CT molecular complexity index is 609. The Morgan fingerprint density at radius 2 is 1.82 bits per heavy atom. The Hall–Kier alpha value is -2.30. The summed E-state index contributed by atoms with van der Waals surface area (Å²) in [5, 5.41) is 3.32. The summed E-state index contributed by atoms with van der Waals surface area (Å²) >= 11 is 0. The molecule has 2 heterocycles. The molecule has 0 aliphatic carbocycles. The topological polar surface area (TPSA) is 50.3 Å². The number of para-hydroxylation sites is 2. The van der Waals surface area contributed by atoms with Crippen LogP contribution in [0.25, 0.3) is 0 Å². The first-order valence-corrected chi connectivity index (χ1v) is 7.84. The fourth-order valence-electron chi connectivity index (χ4n) is 2.77. The zero-order chi connectivity index (χ0) is 15.2. The maximum Gasteiger partial charge on any atom is 0.142 e. The molecular formula is C17H22N4O. The van der Waals surface area contributed by atoms with Crippen molar-refractivity contribution >= 4 is 17.3 Å². The fraction of sp³-hybridized carbons (Fsp3) is 0.412. The Morgan fingerprint density at radius 1 is 1.05 bits per heavy atom. The predicted molar refractivity (Wildman–Crippen MR) is 89.0 cm³/mol. The van der Waals surface area contributed by atoms with Crippen LogP contribution in [-0.4, -0.2) is 30.2 Å². The van der Waals surface area contributed by atoms with E-state index in [1.807, 2.05) is 30.3 Å². The van der Waals surface area contributed by atoms with Crippen LogP contribution in [0.2, 0.25) is 0 Å². The van der Waals surface area contributed by atoms with E-state index in [2.05, 4.69) is 20.2 Å². The van der Waals surface area contributed by atoms with Crippen molar-refractivity contribution in [3.63, 3.8) is 0 Å². The van der Waals surface area contributed by atoms with E-state index >= 15 is 0 Å². The number of nitrogens with zero attached hydrogens (tertiary/aromatic N) is 3. The van der Waals surface area contributed by atoms with Crippen LogP contribution in [0.1, 0.15) is 25.7 Å². The van der Waals surface area contributed by atoms with Gasteiger partial charge in [-0.25, -0.2) is 9.97 Å². The van der Waals surface area contributed by atoms with Gasteiger partial charge in [0.05, 0.1) is 12.8 Å². The average molecular weight is 298 g/mol. The predicted octanol–water partition coefficient (Wildman–Crippen LogP) is 3.61. The van der Waals surface area contributed by atoms with Crippen molar-refractivity contribution in [1.29, 1.82) is 0 Å². The SMILES string of the molecule is COc1ccccc1Nc1cc(N2CCCCCC2)ncn1. The lowest BCUT2D eigenvalue weighted by atomic mass is 10.2. The molecule has 116 valence electrons. The Balaban J connectivity index is 1.78. The number of hydrogen-bond donors (Lipinski definition) is 1. The number of nitrogens with one attached hydrogen (secondary N) is 1. The highest BCUT2D eigenvalue weighted by atomic mass is 16.5. The van der Waals surface area contributed by atoms with Crippen molar-refractivity contribution in [3.05, 3.63) is 36.7 Å². The molecule has 1 aliphatic rings. The molecule has 0 atom stereocenters. The first-order valence-electron chi connectivity index (χ1n) is 7.84. The van der Waals surface area contributed by atoms with Gasteiger partial charge in [0.15, 0.2) is 0 Å². The van der Waals surface area contributed by atoms with Crippen molar-refractivity contribution < 1.29 is 4.74 Å². The van der Waals surface area contributed by atoms with E-state index in [-0.39, 0.29) is 0 Å². The van der Waals surface area contributed by atoms with E-state index in [9.17, 15) is 0 Å². The van der Waals surface area contributed by atoms with Crippen molar-refractivity contribution in [3.8, 4) is 5.75 Å². The van der Waals surface area contributed by atoms with Gasteiger partial charge in [0.1, 0.15) is 23.7 Å². The molecule has 1 saturated heterocycles. The van der Waals surface area contributed by atoms with Crippen LogP contribution in [0.5, 0.6) is 5.75 Å². The van der Waals surface area contributed by atoms with Crippen LogP contribution in [0.3, 0.4) is 0 Å². The molecular weight excluding hydrogens is 276 g/mol. The minimum atomic E-state index is 0.791. The first kappa shape index (κ1) is 14.6. The number of hydrogen-bond acceptors (Lipinski definition) is 5. The zero-order valence-corrected chi connectivity index (χ0v) is 13.0. The second-order valence-electron chi connectivity index (χ2n) is 5.49. The second-order valence-corrected chi connectivity index (χ2v) is 5.49. The zero-order valence-electron chi connectivity index (χ0n) is 13.0. The van der Waals surface area contributed by atoms with Gasteiger partial charge in [-0.2, -0.15) is 0 Å². The molecule has 2 aromatic rings. The first-order chi connectivity index (χ1) is 10.9. The van der Waals surface area contributed by atoms with Gasteiger partial charge in [-0.05, 0) is 25.0 Å². The van der Waals surface area contributed by atoms with Gasteiger partial charge >= 0.3 is 0 Å². The van der Waals surface area contributed by atoms with Gasteiger partial charge in [-0.3, -0.25) is 0 Å². The second kappa shape index (κ2) is 7.11. The molecule has 0 amide bonds. The normalized spacial score (nSPS) is 15.2. The minimum absolute atomic E-state index is 0.791. The van der Waals surface area contributed by atoms with Crippen LogP contribution in [0.15, 0.2) is 36.7 Å². The molecule has 1 aliphatic heterocycles. The van der Waals surface area contributed by atoms with E-state index < -0.39 is 0 Å². The maximum absolute atomic E-state index is 5.36. The summed E-state index contributed by atoms with van der Waals surface area (Å²) in [7, 11) is 1.67.